The molecule has 3 aromatic rings. The van der Waals surface area contributed by atoms with Crippen molar-refractivity contribution in [3.63, 3.8) is 0 Å². The number of thiophene rings is 1. The predicted octanol–water partition coefficient (Wildman–Crippen LogP) is 5.88. The predicted molar refractivity (Wildman–Crippen MR) is 106 cm³/mol. The van der Waals surface area contributed by atoms with E-state index in [9.17, 15) is 17.4 Å². The van der Waals surface area contributed by atoms with Gasteiger partial charge in [0.15, 0.2) is 6.61 Å². The quantitative estimate of drug-likeness (QED) is 0.490. The van der Waals surface area contributed by atoms with E-state index in [1.807, 2.05) is 32.0 Å². The lowest BCUT2D eigenvalue weighted by molar-refractivity contribution is -0.153. The number of alkyl halides is 3. The second-order valence-corrected chi connectivity index (χ2v) is 9.14. The number of hydrogen-bond donors (Lipinski definition) is 0. The van der Waals surface area contributed by atoms with E-state index in [0.29, 0.717) is 5.71 Å². The van der Waals surface area contributed by atoms with Crippen molar-refractivity contribution in [3.05, 3.63) is 42.0 Å². The topological polar surface area (TPSA) is 38.7 Å². The highest BCUT2D eigenvalue weighted by Crippen LogP contribution is 2.36. The zero-order valence-electron chi connectivity index (χ0n) is 15.0. The summed E-state index contributed by atoms with van der Waals surface area (Å²) in [5.41, 5.74) is 1.49. The zero-order valence-corrected chi connectivity index (χ0v) is 16.6. The van der Waals surface area contributed by atoms with Crippen molar-refractivity contribution in [2.75, 3.05) is 6.61 Å². The van der Waals surface area contributed by atoms with E-state index in [2.05, 4.69) is 4.40 Å². The summed E-state index contributed by atoms with van der Waals surface area (Å²) in [6.45, 7) is 4.16. The molecule has 1 heterocycles. The van der Waals surface area contributed by atoms with E-state index < -0.39 is 23.8 Å². The molecular formula is C19H18F3NO2S2. The van der Waals surface area contributed by atoms with Crippen molar-refractivity contribution in [1.82, 2.24) is 0 Å². The summed E-state index contributed by atoms with van der Waals surface area (Å²) in [7, 11) is -1.30. The molecule has 0 saturated carbocycles. The lowest BCUT2D eigenvalue weighted by Crippen LogP contribution is -2.19. The molecule has 3 nitrogen and oxygen atoms in total. The summed E-state index contributed by atoms with van der Waals surface area (Å²) in [6.07, 6.45) is -4.38. The van der Waals surface area contributed by atoms with Gasteiger partial charge in [0.1, 0.15) is 16.7 Å². The van der Waals surface area contributed by atoms with Crippen LogP contribution in [-0.4, -0.2) is 28.0 Å². The molecule has 1 aromatic heterocycles. The largest absolute Gasteiger partial charge is 0.484 e. The molecular weight excluding hydrogens is 395 g/mol. The monoisotopic (exact) mass is 413 g/mol. The first-order valence-corrected chi connectivity index (χ1v) is 10.2. The van der Waals surface area contributed by atoms with E-state index in [1.165, 1.54) is 0 Å². The first-order valence-electron chi connectivity index (χ1n) is 8.26. The van der Waals surface area contributed by atoms with Crippen LogP contribution in [0, 0.1) is 0 Å². The van der Waals surface area contributed by atoms with E-state index >= 15 is 0 Å². The molecule has 0 radical (unpaired) electrons. The van der Waals surface area contributed by atoms with Crippen LogP contribution in [0.2, 0.25) is 0 Å². The van der Waals surface area contributed by atoms with Gasteiger partial charge in [0.25, 0.3) is 0 Å². The van der Waals surface area contributed by atoms with Crippen molar-refractivity contribution in [2.24, 2.45) is 4.40 Å². The third-order valence-corrected chi connectivity index (χ3v) is 6.30. The maximum absolute atomic E-state index is 12.4. The Hall–Kier alpha value is -1.93. The molecule has 2 aromatic carbocycles. The fraction of sp³-hybridized carbons (Fsp3) is 0.316. The van der Waals surface area contributed by atoms with E-state index in [1.54, 1.807) is 36.5 Å². The highest BCUT2D eigenvalue weighted by molar-refractivity contribution is 7.84. The van der Waals surface area contributed by atoms with E-state index in [-0.39, 0.29) is 11.0 Å². The molecule has 0 unspecified atom stereocenters. The molecule has 144 valence electrons. The first kappa shape index (κ1) is 19.8. The van der Waals surface area contributed by atoms with Crippen molar-refractivity contribution < 1.29 is 22.1 Å². The fourth-order valence-corrected chi connectivity index (χ4v) is 4.18. The highest BCUT2D eigenvalue weighted by Gasteiger charge is 2.28. The standard InChI is InChI=1S/C19H18F3NO2S2/c1-11(2)27(24)23-12(3)13-4-6-17-15(8-13)16-9-14(5-7-18(16)26-17)25-10-19(20,21)22/h4-9,11H,10H2,1-3H3/b23-12+/t27-/m1/s1. The zero-order chi connectivity index (χ0) is 19.8. The average molecular weight is 413 g/mol. The number of nitrogens with zero attached hydrogens (tertiary/aromatic N) is 1. The second kappa shape index (κ2) is 7.59. The Bertz CT molecular complexity index is 1040. The van der Waals surface area contributed by atoms with Gasteiger partial charge in [-0.25, -0.2) is 4.21 Å². The summed E-state index contributed by atoms with van der Waals surface area (Å²) >= 11 is 1.56. The summed E-state index contributed by atoms with van der Waals surface area (Å²) in [5.74, 6) is 0.177. The van der Waals surface area contributed by atoms with Crippen LogP contribution in [-0.2, 0) is 11.0 Å². The van der Waals surface area contributed by atoms with Gasteiger partial charge in [0, 0.05) is 20.2 Å². The van der Waals surface area contributed by atoms with Crippen molar-refractivity contribution >= 4 is 48.2 Å². The smallest absolute Gasteiger partial charge is 0.422 e. The van der Waals surface area contributed by atoms with E-state index in [4.69, 9.17) is 4.74 Å². The minimum Gasteiger partial charge on any atom is -0.484 e. The van der Waals surface area contributed by atoms with Crippen LogP contribution in [0.25, 0.3) is 20.2 Å². The molecule has 0 aliphatic heterocycles. The van der Waals surface area contributed by atoms with Gasteiger partial charge in [-0.05, 0) is 56.7 Å². The van der Waals surface area contributed by atoms with Crippen LogP contribution in [0.1, 0.15) is 26.3 Å². The van der Waals surface area contributed by atoms with Gasteiger partial charge in [-0.2, -0.15) is 17.6 Å². The molecule has 1 atom stereocenters. The number of ether oxygens (including phenoxy) is 1. The number of halogens is 3. The SMILES string of the molecule is C/C(=N\[S@](=O)C(C)C)c1ccc2sc3ccc(OCC(F)(F)F)cc3c2c1. The molecule has 0 saturated heterocycles. The Morgan fingerprint density at radius 2 is 1.78 bits per heavy atom. The van der Waals surface area contributed by atoms with Crippen LogP contribution in [0.4, 0.5) is 13.2 Å². The minimum absolute atomic E-state index is 0.0704. The van der Waals surface area contributed by atoms with Crippen LogP contribution in [0.5, 0.6) is 5.75 Å². The Balaban J connectivity index is 2.01. The Kier molecular flexibility index (Phi) is 5.58. The first-order chi connectivity index (χ1) is 12.6. The number of fused-ring (bicyclic) bond motifs is 3. The normalized spacial score (nSPS) is 14.3. The fourth-order valence-electron chi connectivity index (χ4n) is 2.53. The van der Waals surface area contributed by atoms with Gasteiger partial charge in [0.2, 0.25) is 0 Å². The van der Waals surface area contributed by atoms with Crippen LogP contribution in [0.15, 0.2) is 40.8 Å². The molecule has 8 heteroatoms. The lowest BCUT2D eigenvalue weighted by atomic mass is 10.1. The Labute approximate surface area is 161 Å². The third kappa shape index (κ3) is 4.68. The Morgan fingerprint density at radius 3 is 2.41 bits per heavy atom. The van der Waals surface area contributed by atoms with Gasteiger partial charge in [-0.1, -0.05) is 6.07 Å². The lowest BCUT2D eigenvalue weighted by Gasteiger charge is -2.09. The number of benzene rings is 2. The molecule has 0 fully saturated rings. The second-order valence-electron chi connectivity index (χ2n) is 6.38. The Morgan fingerprint density at radius 1 is 1.15 bits per heavy atom. The summed E-state index contributed by atoms with van der Waals surface area (Å²) in [4.78, 5) is 0. The molecule has 0 aliphatic carbocycles. The van der Waals surface area contributed by atoms with Gasteiger partial charge in [-0.15, -0.1) is 11.3 Å². The molecule has 0 bridgehead atoms. The third-order valence-electron chi connectivity index (χ3n) is 3.89. The summed E-state index contributed by atoms with van der Waals surface area (Å²) in [6, 6.07) is 10.7. The average Bonchev–Trinajstić information content (AvgIpc) is 2.96. The van der Waals surface area contributed by atoms with Gasteiger partial charge in [-0.3, -0.25) is 0 Å². The minimum atomic E-state index is -4.38. The van der Waals surface area contributed by atoms with Crippen molar-refractivity contribution in [2.45, 2.75) is 32.2 Å². The number of hydrogen-bond acceptors (Lipinski definition) is 3. The van der Waals surface area contributed by atoms with Crippen molar-refractivity contribution in [3.8, 4) is 5.75 Å². The molecule has 0 N–H and O–H groups in total. The van der Waals surface area contributed by atoms with Crippen LogP contribution >= 0.6 is 11.3 Å². The summed E-state index contributed by atoms with van der Waals surface area (Å²) in [5, 5.41) is 1.67. The van der Waals surface area contributed by atoms with Crippen LogP contribution in [0.3, 0.4) is 0 Å². The highest BCUT2D eigenvalue weighted by atomic mass is 32.2. The molecule has 0 spiro atoms. The number of rotatable bonds is 5. The molecule has 3 rings (SSSR count). The molecule has 0 amide bonds. The van der Waals surface area contributed by atoms with Gasteiger partial charge >= 0.3 is 6.18 Å². The maximum atomic E-state index is 12.4. The van der Waals surface area contributed by atoms with Crippen LogP contribution < -0.4 is 4.74 Å². The van der Waals surface area contributed by atoms with Gasteiger partial charge < -0.3 is 4.74 Å². The summed E-state index contributed by atoms with van der Waals surface area (Å²) < 4.78 is 60.2. The van der Waals surface area contributed by atoms with E-state index in [0.717, 1.165) is 25.7 Å². The molecule has 27 heavy (non-hydrogen) atoms. The maximum Gasteiger partial charge on any atom is 0.422 e. The van der Waals surface area contributed by atoms with Crippen molar-refractivity contribution in [1.29, 1.82) is 0 Å². The molecule has 0 aliphatic rings. The van der Waals surface area contributed by atoms with Gasteiger partial charge in [0.05, 0.1) is 11.0 Å².